The molecule has 0 bridgehead atoms. The zero-order valence-electron chi connectivity index (χ0n) is 14.5. The van der Waals surface area contributed by atoms with Gasteiger partial charge < -0.3 is 5.32 Å². The molecule has 0 saturated carbocycles. The molecule has 0 fully saturated rings. The summed E-state index contributed by atoms with van der Waals surface area (Å²) < 4.78 is 15.0. The van der Waals surface area contributed by atoms with E-state index in [1.807, 2.05) is 32.0 Å². The normalized spacial score (nSPS) is 10.6. The van der Waals surface area contributed by atoms with Crippen molar-refractivity contribution in [3.8, 4) is 11.3 Å². The largest absolute Gasteiger partial charge is 0.324 e. The Morgan fingerprint density at radius 3 is 2.65 bits per heavy atom. The summed E-state index contributed by atoms with van der Waals surface area (Å²) in [7, 11) is 0. The summed E-state index contributed by atoms with van der Waals surface area (Å²) in [4.78, 5) is 28.6. The van der Waals surface area contributed by atoms with Gasteiger partial charge in [-0.1, -0.05) is 24.3 Å². The predicted octanol–water partition coefficient (Wildman–Crippen LogP) is 3.30. The van der Waals surface area contributed by atoms with Crippen molar-refractivity contribution >= 4 is 11.6 Å². The van der Waals surface area contributed by atoms with Gasteiger partial charge in [0.2, 0.25) is 5.91 Å². The van der Waals surface area contributed by atoms with Gasteiger partial charge in [0.15, 0.2) is 0 Å². The number of carbonyl (C=O) groups excluding carboxylic acids is 1. The van der Waals surface area contributed by atoms with Crippen molar-refractivity contribution < 1.29 is 9.18 Å². The molecular formula is C20H18FN3O2. The quantitative estimate of drug-likeness (QED) is 0.784. The van der Waals surface area contributed by atoms with Crippen molar-refractivity contribution in [3.63, 3.8) is 0 Å². The zero-order valence-corrected chi connectivity index (χ0v) is 14.5. The van der Waals surface area contributed by atoms with Crippen LogP contribution in [0.5, 0.6) is 0 Å². The van der Waals surface area contributed by atoms with Crippen molar-refractivity contribution in [1.82, 2.24) is 9.55 Å². The van der Waals surface area contributed by atoms with Crippen molar-refractivity contribution in [3.05, 3.63) is 82.2 Å². The minimum atomic E-state index is -0.454. The van der Waals surface area contributed by atoms with E-state index < -0.39 is 11.4 Å². The average Bonchev–Trinajstić information content (AvgIpc) is 2.60. The molecular weight excluding hydrogens is 333 g/mol. The van der Waals surface area contributed by atoms with Crippen molar-refractivity contribution in [1.29, 1.82) is 0 Å². The molecule has 0 saturated heterocycles. The molecule has 6 heteroatoms. The van der Waals surface area contributed by atoms with E-state index in [-0.39, 0.29) is 23.7 Å². The van der Waals surface area contributed by atoms with Gasteiger partial charge in [-0.3, -0.25) is 14.2 Å². The molecule has 2 aromatic carbocycles. The van der Waals surface area contributed by atoms with Crippen molar-refractivity contribution in [2.75, 3.05) is 5.32 Å². The molecule has 5 nitrogen and oxygen atoms in total. The molecule has 0 aliphatic carbocycles. The number of carbonyl (C=O) groups is 1. The second-order valence-electron chi connectivity index (χ2n) is 6.09. The number of hydrogen-bond acceptors (Lipinski definition) is 3. The van der Waals surface area contributed by atoms with Crippen LogP contribution in [0.15, 0.2) is 59.7 Å². The fourth-order valence-electron chi connectivity index (χ4n) is 2.58. The monoisotopic (exact) mass is 351 g/mol. The molecule has 0 atom stereocenters. The standard InChI is InChI=1S/C20H18FN3O2/c1-13-7-8-14(2)17(9-13)23-19(25)11-24-12-22-18(10-20(24)26)15-5-3-4-6-16(15)21/h3-10,12H,11H2,1-2H3,(H,23,25). The van der Waals surface area contributed by atoms with Crippen LogP contribution in [-0.4, -0.2) is 15.5 Å². The molecule has 1 amide bonds. The summed E-state index contributed by atoms with van der Waals surface area (Å²) in [6, 6.07) is 13.1. The van der Waals surface area contributed by atoms with Gasteiger partial charge in [0.05, 0.1) is 12.0 Å². The van der Waals surface area contributed by atoms with Gasteiger partial charge >= 0.3 is 0 Å². The SMILES string of the molecule is Cc1ccc(C)c(NC(=O)Cn2cnc(-c3ccccc3F)cc2=O)c1. The van der Waals surface area contributed by atoms with Crippen LogP contribution in [0.1, 0.15) is 11.1 Å². The van der Waals surface area contributed by atoms with E-state index in [1.54, 1.807) is 18.2 Å². The molecule has 0 aliphatic heterocycles. The molecule has 1 N–H and O–H groups in total. The summed E-state index contributed by atoms with van der Waals surface area (Å²) in [6.45, 7) is 3.66. The van der Waals surface area contributed by atoms with Crippen LogP contribution in [0.3, 0.4) is 0 Å². The molecule has 0 spiro atoms. The maximum atomic E-state index is 13.8. The lowest BCUT2D eigenvalue weighted by Crippen LogP contribution is -2.27. The lowest BCUT2D eigenvalue weighted by atomic mass is 10.1. The maximum Gasteiger partial charge on any atom is 0.254 e. The fraction of sp³-hybridized carbons (Fsp3) is 0.150. The van der Waals surface area contributed by atoms with Crippen molar-refractivity contribution in [2.45, 2.75) is 20.4 Å². The summed E-state index contributed by atoms with van der Waals surface area (Å²) in [6.07, 6.45) is 1.26. The first-order valence-corrected chi connectivity index (χ1v) is 8.12. The molecule has 3 rings (SSSR count). The summed E-state index contributed by atoms with van der Waals surface area (Å²) in [5.74, 6) is -0.786. The van der Waals surface area contributed by atoms with Crippen LogP contribution in [-0.2, 0) is 11.3 Å². The Kier molecular flexibility index (Phi) is 4.93. The summed E-state index contributed by atoms with van der Waals surface area (Å²) in [5, 5.41) is 2.80. The first-order chi connectivity index (χ1) is 12.4. The Labute approximate surface area is 150 Å². The van der Waals surface area contributed by atoms with E-state index in [9.17, 15) is 14.0 Å². The number of rotatable bonds is 4. The highest BCUT2D eigenvalue weighted by Crippen LogP contribution is 2.19. The average molecular weight is 351 g/mol. The first-order valence-electron chi connectivity index (χ1n) is 8.12. The summed E-state index contributed by atoms with van der Waals surface area (Å²) >= 11 is 0. The number of hydrogen-bond donors (Lipinski definition) is 1. The highest BCUT2D eigenvalue weighted by Gasteiger charge is 2.10. The molecule has 0 unspecified atom stereocenters. The third kappa shape index (κ3) is 3.85. The van der Waals surface area contributed by atoms with E-state index >= 15 is 0 Å². The maximum absolute atomic E-state index is 13.8. The van der Waals surface area contributed by atoms with Crippen molar-refractivity contribution in [2.24, 2.45) is 0 Å². The number of nitrogens with one attached hydrogen (secondary N) is 1. The van der Waals surface area contributed by atoms with E-state index in [4.69, 9.17) is 0 Å². The highest BCUT2D eigenvalue weighted by atomic mass is 19.1. The molecule has 3 aromatic rings. The number of nitrogens with zero attached hydrogens (tertiary/aromatic N) is 2. The van der Waals surface area contributed by atoms with Crippen LogP contribution >= 0.6 is 0 Å². The Morgan fingerprint density at radius 2 is 1.92 bits per heavy atom. The van der Waals surface area contributed by atoms with Crippen LogP contribution in [0.2, 0.25) is 0 Å². The lowest BCUT2D eigenvalue weighted by molar-refractivity contribution is -0.116. The predicted molar refractivity (Wildman–Crippen MR) is 98.4 cm³/mol. The second-order valence-corrected chi connectivity index (χ2v) is 6.09. The molecule has 1 heterocycles. The van der Waals surface area contributed by atoms with Gasteiger partial charge in [-0.2, -0.15) is 0 Å². The number of aryl methyl sites for hydroxylation is 2. The first kappa shape index (κ1) is 17.5. The number of amides is 1. The zero-order chi connectivity index (χ0) is 18.7. The van der Waals surface area contributed by atoms with E-state index in [0.717, 1.165) is 11.1 Å². The third-order valence-corrected chi connectivity index (χ3v) is 4.01. The molecule has 0 radical (unpaired) electrons. The minimum absolute atomic E-state index is 0.170. The molecule has 0 aliphatic rings. The molecule has 26 heavy (non-hydrogen) atoms. The van der Waals surface area contributed by atoms with Gasteiger partial charge in [0.1, 0.15) is 12.4 Å². The van der Waals surface area contributed by atoms with E-state index in [1.165, 1.54) is 23.0 Å². The van der Waals surface area contributed by atoms with Crippen LogP contribution in [0.4, 0.5) is 10.1 Å². The Hall–Kier alpha value is -3.28. The van der Waals surface area contributed by atoms with Gasteiger partial charge in [-0.25, -0.2) is 9.37 Å². The summed E-state index contributed by atoms with van der Waals surface area (Å²) in [5.41, 5.74) is 2.73. The van der Waals surface area contributed by atoms with Gasteiger partial charge in [-0.05, 0) is 43.2 Å². The topological polar surface area (TPSA) is 64.0 Å². The lowest BCUT2D eigenvalue weighted by Gasteiger charge is -2.11. The molecule has 1 aromatic heterocycles. The Bertz CT molecular complexity index is 1030. The smallest absolute Gasteiger partial charge is 0.254 e. The van der Waals surface area contributed by atoms with Crippen LogP contribution in [0.25, 0.3) is 11.3 Å². The Balaban J connectivity index is 1.78. The number of anilines is 1. The number of benzene rings is 2. The van der Waals surface area contributed by atoms with E-state index in [0.29, 0.717) is 5.69 Å². The number of halogens is 1. The van der Waals surface area contributed by atoms with Crippen LogP contribution < -0.4 is 10.9 Å². The highest BCUT2D eigenvalue weighted by molar-refractivity contribution is 5.91. The molecule has 132 valence electrons. The minimum Gasteiger partial charge on any atom is -0.324 e. The second kappa shape index (κ2) is 7.31. The van der Waals surface area contributed by atoms with Gasteiger partial charge in [0.25, 0.3) is 5.56 Å². The van der Waals surface area contributed by atoms with Gasteiger partial charge in [-0.15, -0.1) is 0 Å². The fourth-order valence-corrected chi connectivity index (χ4v) is 2.58. The number of aromatic nitrogens is 2. The van der Waals surface area contributed by atoms with E-state index in [2.05, 4.69) is 10.3 Å². The van der Waals surface area contributed by atoms with Crippen LogP contribution in [0, 0.1) is 19.7 Å². The third-order valence-electron chi connectivity index (χ3n) is 4.01. The Morgan fingerprint density at radius 1 is 1.15 bits per heavy atom. The van der Waals surface area contributed by atoms with Gasteiger partial charge in [0, 0.05) is 17.3 Å².